The number of rotatable bonds is 7. The Bertz CT molecular complexity index is 1030. The van der Waals surface area contributed by atoms with Gasteiger partial charge in [-0.3, -0.25) is 9.69 Å². The Labute approximate surface area is 187 Å². The molecular weight excluding hydrogens is 406 g/mol. The van der Waals surface area contributed by atoms with E-state index in [2.05, 4.69) is 44.5 Å². The van der Waals surface area contributed by atoms with Gasteiger partial charge in [-0.25, -0.2) is 9.97 Å². The first kappa shape index (κ1) is 21.2. The van der Waals surface area contributed by atoms with Gasteiger partial charge in [0.2, 0.25) is 5.91 Å². The number of aryl methyl sites for hydroxylation is 1. The molecule has 1 saturated heterocycles. The predicted octanol–water partition coefficient (Wildman–Crippen LogP) is 3.99. The third-order valence-corrected chi connectivity index (χ3v) is 6.04. The number of nitrogens with one attached hydrogen (secondary N) is 1. The molecule has 1 N–H and O–H groups in total. The monoisotopic (exact) mass is 433 g/mol. The van der Waals surface area contributed by atoms with Gasteiger partial charge >= 0.3 is 0 Å². The normalized spacial score (nSPS) is 14.8. The summed E-state index contributed by atoms with van der Waals surface area (Å²) in [4.78, 5) is 25.9. The molecule has 3 heterocycles. The third kappa shape index (κ3) is 6.23. The van der Waals surface area contributed by atoms with Crippen molar-refractivity contribution in [2.24, 2.45) is 0 Å². The van der Waals surface area contributed by atoms with Gasteiger partial charge in [-0.15, -0.1) is 11.3 Å². The first-order chi connectivity index (χ1) is 15.2. The molecular formula is C24H27N5OS. The molecule has 2 aromatic heterocycles. The van der Waals surface area contributed by atoms with Gasteiger partial charge in [-0.1, -0.05) is 42.5 Å². The van der Waals surface area contributed by atoms with E-state index in [1.54, 1.807) is 6.20 Å². The molecule has 3 aromatic rings. The topological polar surface area (TPSA) is 61.4 Å². The predicted molar refractivity (Wildman–Crippen MR) is 127 cm³/mol. The van der Waals surface area contributed by atoms with Gasteiger partial charge in [-0.2, -0.15) is 0 Å². The van der Waals surface area contributed by atoms with Crippen LogP contribution in [0.1, 0.15) is 16.8 Å². The highest BCUT2D eigenvalue weighted by molar-refractivity contribution is 7.13. The molecule has 0 radical (unpaired) electrons. The molecule has 31 heavy (non-hydrogen) atoms. The van der Waals surface area contributed by atoms with Crippen LogP contribution in [-0.2, 0) is 11.2 Å². The van der Waals surface area contributed by atoms with Gasteiger partial charge in [-0.05, 0) is 30.2 Å². The maximum Gasteiger partial charge on any atom is 0.228 e. The summed E-state index contributed by atoms with van der Waals surface area (Å²) in [6.45, 7) is 6.26. The third-order valence-electron chi connectivity index (χ3n) is 5.23. The zero-order valence-corrected chi connectivity index (χ0v) is 18.5. The molecule has 4 rings (SSSR count). The molecule has 0 saturated carbocycles. The molecule has 1 fully saturated rings. The van der Waals surface area contributed by atoms with E-state index >= 15 is 0 Å². The molecule has 0 aliphatic carbocycles. The molecule has 0 atom stereocenters. The van der Waals surface area contributed by atoms with Gasteiger partial charge in [0, 0.05) is 44.3 Å². The Morgan fingerprint density at radius 3 is 2.74 bits per heavy atom. The summed E-state index contributed by atoms with van der Waals surface area (Å²) in [7, 11) is 0. The number of amides is 1. The number of nitrogens with zero attached hydrogens (tertiary/aromatic N) is 4. The van der Waals surface area contributed by atoms with Crippen LogP contribution >= 0.6 is 11.3 Å². The highest BCUT2D eigenvalue weighted by Crippen LogP contribution is 2.21. The molecule has 7 heteroatoms. The summed E-state index contributed by atoms with van der Waals surface area (Å²) in [6.07, 6.45) is 6.46. The van der Waals surface area contributed by atoms with E-state index in [0.29, 0.717) is 6.42 Å². The molecule has 1 aliphatic rings. The minimum Gasteiger partial charge on any atom is -0.340 e. The number of thiazole rings is 1. The number of anilines is 2. The van der Waals surface area contributed by atoms with Crippen molar-refractivity contribution < 1.29 is 4.79 Å². The second kappa shape index (κ2) is 10.3. The smallest absolute Gasteiger partial charge is 0.228 e. The van der Waals surface area contributed by atoms with Gasteiger partial charge < -0.3 is 10.2 Å². The van der Waals surface area contributed by atoms with Crippen LogP contribution in [0, 0.1) is 6.92 Å². The Morgan fingerprint density at radius 1 is 1.16 bits per heavy atom. The fraction of sp³-hybridized carbons (Fsp3) is 0.292. The standard InChI is InChI=1S/C24H27N5OS/c1-19-9-10-25-22(16-19)27-24-26-21(18-31-24)17-23(30)29-14-12-28(13-15-29)11-5-8-20-6-3-2-4-7-20/h2-10,16,18H,11-15,17H2,1H3,(H,25,26,27)/b8-5+. The molecule has 1 amide bonds. The van der Waals surface area contributed by atoms with E-state index < -0.39 is 0 Å². The van der Waals surface area contributed by atoms with E-state index in [0.717, 1.165) is 54.9 Å². The van der Waals surface area contributed by atoms with Crippen molar-refractivity contribution in [1.29, 1.82) is 0 Å². The van der Waals surface area contributed by atoms with E-state index in [1.807, 2.05) is 47.5 Å². The van der Waals surface area contributed by atoms with Crippen molar-refractivity contribution in [3.8, 4) is 0 Å². The second-order valence-electron chi connectivity index (χ2n) is 7.66. The van der Waals surface area contributed by atoms with E-state index in [4.69, 9.17) is 0 Å². The minimum atomic E-state index is 0.144. The van der Waals surface area contributed by atoms with Crippen molar-refractivity contribution in [2.45, 2.75) is 13.3 Å². The van der Waals surface area contributed by atoms with Crippen LogP contribution in [0.2, 0.25) is 0 Å². The Kier molecular flexibility index (Phi) is 7.07. The van der Waals surface area contributed by atoms with Crippen molar-refractivity contribution in [3.05, 3.63) is 76.9 Å². The lowest BCUT2D eigenvalue weighted by molar-refractivity contribution is -0.132. The summed E-state index contributed by atoms with van der Waals surface area (Å²) in [5.41, 5.74) is 3.16. The number of hydrogen-bond acceptors (Lipinski definition) is 6. The summed E-state index contributed by atoms with van der Waals surface area (Å²) in [5, 5.41) is 5.92. The van der Waals surface area contributed by atoms with Crippen LogP contribution < -0.4 is 5.32 Å². The average molecular weight is 434 g/mol. The van der Waals surface area contributed by atoms with Crippen molar-refractivity contribution in [2.75, 3.05) is 38.0 Å². The fourth-order valence-electron chi connectivity index (χ4n) is 3.51. The van der Waals surface area contributed by atoms with Crippen LogP contribution in [0.5, 0.6) is 0 Å². The van der Waals surface area contributed by atoms with Gasteiger partial charge in [0.15, 0.2) is 5.13 Å². The lowest BCUT2D eigenvalue weighted by Crippen LogP contribution is -2.49. The average Bonchev–Trinajstić information content (AvgIpc) is 3.21. The van der Waals surface area contributed by atoms with E-state index in [9.17, 15) is 4.79 Å². The van der Waals surface area contributed by atoms with Crippen LogP contribution in [0.15, 0.2) is 60.1 Å². The lowest BCUT2D eigenvalue weighted by atomic mass is 10.2. The van der Waals surface area contributed by atoms with E-state index in [1.165, 1.54) is 16.9 Å². The van der Waals surface area contributed by atoms with Crippen molar-refractivity contribution in [1.82, 2.24) is 19.8 Å². The number of pyridine rings is 1. The summed E-state index contributed by atoms with van der Waals surface area (Å²) in [5.74, 6) is 0.912. The number of carbonyl (C=O) groups is 1. The van der Waals surface area contributed by atoms with Crippen LogP contribution in [0.3, 0.4) is 0 Å². The van der Waals surface area contributed by atoms with Crippen LogP contribution in [-0.4, -0.2) is 58.4 Å². The fourth-order valence-corrected chi connectivity index (χ4v) is 4.23. The zero-order chi connectivity index (χ0) is 21.5. The van der Waals surface area contributed by atoms with Gasteiger partial charge in [0.25, 0.3) is 0 Å². The van der Waals surface area contributed by atoms with Crippen molar-refractivity contribution >= 4 is 34.3 Å². The highest BCUT2D eigenvalue weighted by Gasteiger charge is 2.21. The lowest BCUT2D eigenvalue weighted by Gasteiger charge is -2.34. The first-order valence-corrected chi connectivity index (χ1v) is 11.4. The molecule has 160 valence electrons. The quantitative estimate of drug-likeness (QED) is 0.610. The SMILES string of the molecule is Cc1ccnc(Nc2nc(CC(=O)N3CCN(C/C=C/c4ccccc4)CC3)cs2)c1. The molecule has 0 bridgehead atoms. The number of piperazine rings is 1. The van der Waals surface area contributed by atoms with Gasteiger partial charge in [0.1, 0.15) is 5.82 Å². The Morgan fingerprint density at radius 2 is 1.97 bits per heavy atom. The molecule has 0 spiro atoms. The van der Waals surface area contributed by atoms with Gasteiger partial charge in [0.05, 0.1) is 12.1 Å². The molecule has 1 aliphatic heterocycles. The van der Waals surface area contributed by atoms with Crippen LogP contribution in [0.4, 0.5) is 10.9 Å². The Balaban J connectivity index is 1.22. The number of carbonyl (C=O) groups excluding carboxylic acids is 1. The number of aromatic nitrogens is 2. The highest BCUT2D eigenvalue weighted by atomic mass is 32.1. The first-order valence-electron chi connectivity index (χ1n) is 10.5. The summed E-state index contributed by atoms with van der Waals surface area (Å²) >= 11 is 1.50. The maximum absolute atomic E-state index is 12.7. The molecule has 0 unspecified atom stereocenters. The molecule has 6 nitrogen and oxygen atoms in total. The number of benzene rings is 1. The Hall–Kier alpha value is -3.03. The summed E-state index contributed by atoms with van der Waals surface area (Å²) < 4.78 is 0. The zero-order valence-electron chi connectivity index (χ0n) is 17.7. The second-order valence-corrected chi connectivity index (χ2v) is 8.52. The van der Waals surface area contributed by atoms with E-state index in [-0.39, 0.29) is 5.91 Å². The summed E-state index contributed by atoms with van der Waals surface area (Å²) in [6, 6.07) is 14.2. The molecule has 1 aromatic carbocycles. The number of hydrogen-bond donors (Lipinski definition) is 1. The maximum atomic E-state index is 12.7. The minimum absolute atomic E-state index is 0.144. The van der Waals surface area contributed by atoms with Crippen molar-refractivity contribution in [3.63, 3.8) is 0 Å². The largest absolute Gasteiger partial charge is 0.340 e. The van der Waals surface area contributed by atoms with Crippen LogP contribution in [0.25, 0.3) is 6.08 Å².